The Morgan fingerprint density at radius 2 is 1.79 bits per heavy atom. The van der Waals surface area contributed by atoms with Gasteiger partial charge in [-0.15, -0.1) is 0 Å². The molecule has 0 aliphatic rings. The predicted molar refractivity (Wildman–Crippen MR) is 94.1 cm³/mol. The minimum Gasteiger partial charge on any atom is -0.496 e. The molecule has 1 amide bonds. The fourth-order valence-corrected chi connectivity index (χ4v) is 2.76. The number of rotatable bonds is 6. The van der Waals surface area contributed by atoms with E-state index in [2.05, 4.69) is 5.32 Å². The third kappa shape index (κ3) is 4.52. The molecule has 1 N–H and O–H groups in total. The van der Waals surface area contributed by atoms with Crippen LogP contribution < -0.4 is 10.1 Å². The summed E-state index contributed by atoms with van der Waals surface area (Å²) < 4.78 is 16.6. The van der Waals surface area contributed by atoms with Gasteiger partial charge in [-0.2, -0.15) is 0 Å². The Balaban J connectivity index is 2.12. The molecular formula is C18H19NO4S. The predicted octanol–water partition coefficient (Wildman–Crippen LogP) is 2.82. The van der Waals surface area contributed by atoms with Crippen molar-refractivity contribution in [2.24, 2.45) is 0 Å². The smallest absolute Gasteiger partial charge is 0.228 e. The number of carbonyl (C=O) groups is 2. The zero-order chi connectivity index (χ0) is 17.7. The number of hydrogen-bond donors (Lipinski definition) is 1. The van der Waals surface area contributed by atoms with Crippen LogP contribution in [0.4, 0.5) is 5.69 Å². The molecular weight excluding hydrogens is 326 g/mol. The molecule has 24 heavy (non-hydrogen) atoms. The van der Waals surface area contributed by atoms with E-state index in [4.69, 9.17) is 4.74 Å². The Morgan fingerprint density at radius 1 is 1.12 bits per heavy atom. The maximum Gasteiger partial charge on any atom is 0.228 e. The van der Waals surface area contributed by atoms with Gasteiger partial charge in [0.2, 0.25) is 5.91 Å². The molecule has 0 saturated carbocycles. The molecule has 0 radical (unpaired) electrons. The molecule has 0 heterocycles. The highest BCUT2D eigenvalue weighted by Crippen LogP contribution is 2.21. The highest BCUT2D eigenvalue weighted by molar-refractivity contribution is 7.84. The molecule has 2 rings (SSSR count). The van der Waals surface area contributed by atoms with Crippen LogP contribution >= 0.6 is 0 Å². The average Bonchev–Trinajstić information content (AvgIpc) is 2.55. The van der Waals surface area contributed by atoms with Crippen molar-refractivity contribution in [3.63, 3.8) is 0 Å². The van der Waals surface area contributed by atoms with E-state index in [1.807, 2.05) is 0 Å². The summed E-state index contributed by atoms with van der Waals surface area (Å²) in [5.74, 6) is 0.272. The van der Waals surface area contributed by atoms with E-state index in [1.54, 1.807) is 48.7 Å². The van der Waals surface area contributed by atoms with E-state index in [0.717, 1.165) is 0 Å². The number of ether oxygens (including phenoxy) is 1. The van der Waals surface area contributed by atoms with Gasteiger partial charge in [0.15, 0.2) is 5.78 Å². The fraction of sp³-hybridized carbons (Fsp3) is 0.222. The van der Waals surface area contributed by atoms with Gasteiger partial charge in [0.1, 0.15) is 5.75 Å². The summed E-state index contributed by atoms with van der Waals surface area (Å²) in [5, 5.41) is 2.78. The van der Waals surface area contributed by atoms with Crippen LogP contribution in [0.25, 0.3) is 0 Å². The van der Waals surface area contributed by atoms with E-state index in [-0.39, 0.29) is 18.1 Å². The first-order valence-corrected chi connectivity index (χ1v) is 8.87. The van der Waals surface area contributed by atoms with Crippen molar-refractivity contribution in [1.82, 2.24) is 0 Å². The van der Waals surface area contributed by atoms with Gasteiger partial charge in [0, 0.05) is 38.8 Å². The van der Waals surface area contributed by atoms with E-state index < -0.39 is 10.8 Å². The molecule has 0 saturated heterocycles. The molecule has 0 bridgehead atoms. The number of hydrogen-bond acceptors (Lipinski definition) is 4. The molecule has 2 aromatic rings. The fourth-order valence-electron chi connectivity index (χ4n) is 2.24. The monoisotopic (exact) mass is 345 g/mol. The summed E-state index contributed by atoms with van der Waals surface area (Å²) in [6.07, 6.45) is 1.69. The van der Waals surface area contributed by atoms with Crippen molar-refractivity contribution >= 4 is 28.2 Å². The zero-order valence-corrected chi connectivity index (χ0v) is 14.6. The van der Waals surface area contributed by atoms with Crippen molar-refractivity contribution in [1.29, 1.82) is 0 Å². The first-order chi connectivity index (χ1) is 11.4. The second kappa shape index (κ2) is 7.88. The summed E-state index contributed by atoms with van der Waals surface area (Å²) in [6, 6.07) is 11.9. The largest absolute Gasteiger partial charge is 0.496 e. The first kappa shape index (κ1) is 17.9. The molecule has 0 aliphatic heterocycles. The number of carbonyl (C=O) groups excluding carboxylic acids is 2. The topological polar surface area (TPSA) is 72.5 Å². The second-order valence-corrected chi connectivity index (χ2v) is 6.67. The molecule has 0 fully saturated rings. The van der Waals surface area contributed by atoms with Gasteiger partial charge in [0.05, 0.1) is 13.5 Å². The summed E-state index contributed by atoms with van der Waals surface area (Å²) in [6.45, 7) is 1.48. The lowest BCUT2D eigenvalue weighted by Gasteiger charge is -2.10. The Hall–Kier alpha value is -2.47. The molecule has 0 aliphatic carbocycles. The number of methoxy groups -OCH3 is 1. The maximum atomic E-state index is 12.2. The molecule has 0 spiro atoms. The van der Waals surface area contributed by atoms with E-state index in [9.17, 15) is 13.8 Å². The van der Waals surface area contributed by atoms with Crippen LogP contribution in [0.15, 0.2) is 47.4 Å². The standard InChI is InChI=1S/C18H19NO4S/c1-12(20)13-4-9-17(23-2)14(10-13)11-18(21)19-15-5-7-16(8-6-15)24(3)22/h4-10H,11H2,1-3H3,(H,19,21)/t24-/m0/s1. The van der Waals surface area contributed by atoms with Crippen molar-refractivity contribution < 1.29 is 18.5 Å². The Morgan fingerprint density at radius 3 is 2.33 bits per heavy atom. The SMILES string of the molecule is COc1ccc(C(C)=O)cc1CC(=O)Nc1ccc([S@](C)=O)cc1. The van der Waals surface area contributed by atoms with Crippen LogP contribution in [0.1, 0.15) is 22.8 Å². The molecule has 1 atom stereocenters. The lowest BCUT2D eigenvalue weighted by Crippen LogP contribution is -2.15. The lowest BCUT2D eigenvalue weighted by molar-refractivity contribution is -0.115. The number of anilines is 1. The van der Waals surface area contributed by atoms with Gasteiger partial charge in [0.25, 0.3) is 0 Å². The number of Topliss-reactive ketones (excluding diaryl/α,β-unsaturated/α-hetero) is 1. The maximum absolute atomic E-state index is 12.2. The first-order valence-electron chi connectivity index (χ1n) is 7.32. The molecule has 0 unspecified atom stereocenters. The Kier molecular flexibility index (Phi) is 5.87. The van der Waals surface area contributed by atoms with Crippen LogP contribution in [-0.4, -0.2) is 29.3 Å². The van der Waals surface area contributed by atoms with Gasteiger partial charge in [-0.05, 0) is 49.4 Å². The van der Waals surface area contributed by atoms with Crippen LogP contribution in [0.2, 0.25) is 0 Å². The highest BCUT2D eigenvalue weighted by Gasteiger charge is 2.12. The number of nitrogens with one attached hydrogen (secondary N) is 1. The number of amides is 1. The van der Waals surface area contributed by atoms with Crippen LogP contribution in [-0.2, 0) is 22.0 Å². The molecule has 6 heteroatoms. The highest BCUT2D eigenvalue weighted by atomic mass is 32.2. The van der Waals surface area contributed by atoms with Crippen LogP contribution in [0, 0.1) is 0 Å². The van der Waals surface area contributed by atoms with Gasteiger partial charge < -0.3 is 10.1 Å². The summed E-state index contributed by atoms with van der Waals surface area (Å²) in [5.41, 5.74) is 1.80. The van der Waals surface area contributed by atoms with Crippen LogP contribution in [0.5, 0.6) is 5.75 Å². The minimum atomic E-state index is -1.05. The van der Waals surface area contributed by atoms with Gasteiger partial charge in [-0.1, -0.05) is 0 Å². The molecule has 5 nitrogen and oxygen atoms in total. The van der Waals surface area contributed by atoms with Gasteiger partial charge in [-0.25, -0.2) is 0 Å². The number of benzene rings is 2. The molecule has 2 aromatic carbocycles. The minimum absolute atomic E-state index is 0.0672. The normalized spacial score (nSPS) is 11.6. The average molecular weight is 345 g/mol. The van der Waals surface area contributed by atoms with E-state index >= 15 is 0 Å². The van der Waals surface area contributed by atoms with Gasteiger partial charge in [-0.3, -0.25) is 13.8 Å². The third-order valence-electron chi connectivity index (χ3n) is 3.51. The second-order valence-electron chi connectivity index (χ2n) is 5.29. The summed E-state index contributed by atoms with van der Waals surface area (Å²) in [7, 11) is 0.467. The third-order valence-corrected chi connectivity index (χ3v) is 4.44. The van der Waals surface area contributed by atoms with Crippen molar-refractivity contribution in [3.05, 3.63) is 53.6 Å². The molecule has 126 valence electrons. The van der Waals surface area contributed by atoms with Gasteiger partial charge >= 0.3 is 0 Å². The summed E-state index contributed by atoms with van der Waals surface area (Å²) in [4.78, 5) is 24.4. The quantitative estimate of drug-likeness (QED) is 0.817. The van der Waals surface area contributed by atoms with Crippen molar-refractivity contribution in [2.45, 2.75) is 18.2 Å². The number of ketones is 1. The molecule has 0 aromatic heterocycles. The Labute approximate surface area is 143 Å². The zero-order valence-electron chi connectivity index (χ0n) is 13.8. The lowest BCUT2D eigenvalue weighted by atomic mass is 10.0. The van der Waals surface area contributed by atoms with E-state index in [1.165, 1.54) is 14.0 Å². The summed E-state index contributed by atoms with van der Waals surface area (Å²) >= 11 is 0. The van der Waals surface area contributed by atoms with Crippen LogP contribution in [0.3, 0.4) is 0 Å². The van der Waals surface area contributed by atoms with E-state index in [0.29, 0.717) is 27.5 Å². The van der Waals surface area contributed by atoms with Crippen molar-refractivity contribution in [3.8, 4) is 5.75 Å². The Bertz CT molecular complexity index is 784. The van der Waals surface area contributed by atoms with Crippen molar-refractivity contribution in [2.75, 3.05) is 18.7 Å².